The molecule has 3 aromatic rings. The fourth-order valence-corrected chi connectivity index (χ4v) is 5.52. The first-order valence-electron chi connectivity index (χ1n) is 10.7. The molecule has 3 heterocycles. The molecule has 1 fully saturated rings. The summed E-state index contributed by atoms with van der Waals surface area (Å²) in [5.74, 6) is 1.06. The van der Waals surface area contributed by atoms with Gasteiger partial charge in [0.15, 0.2) is 11.5 Å². The molecule has 1 N–H and O–H groups in total. The van der Waals surface area contributed by atoms with Crippen molar-refractivity contribution in [2.45, 2.75) is 24.2 Å². The third-order valence-electron chi connectivity index (χ3n) is 5.77. The average Bonchev–Trinajstić information content (AvgIpc) is 3.48. The highest BCUT2D eigenvalue weighted by Crippen LogP contribution is 2.33. The molecule has 0 spiro atoms. The molecule has 5 rings (SSSR count). The minimum Gasteiger partial charge on any atom is -0.454 e. The van der Waals surface area contributed by atoms with Crippen LogP contribution in [-0.2, 0) is 21.2 Å². The second-order valence-electron chi connectivity index (χ2n) is 7.99. The van der Waals surface area contributed by atoms with Crippen molar-refractivity contribution in [2.75, 3.05) is 25.2 Å². The summed E-state index contributed by atoms with van der Waals surface area (Å²) in [6.07, 6.45) is 1.15. The molecule has 0 bridgehead atoms. The van der Waals surface area contributed by atoms with E-state index >= 15 is 0 Å². The summed E-state index contributed by atoms with van der Waals surface area (Å²) >= 11 is 5.85. The molecule has 12 heteroatoms. The predicted molar refractivity (Wildman–Crippen MR) is 121 cm³/mol. The van der Waals surface area contributed by atoms with Crippen molar-refractivity contribution in [3.63, 3.8) is 0 Å². The summed E-state index contributed by atoms with van der Waals surface area (Å²) in [6, 6.07) is 11.6. The number of sulfonamides is 1. The highest BCUT2D eigenvalue weighted by molar-refractivity contribution is 7.89. The smallest absolute Gasteiger partial charge is 0.322 e. The second kappa shape index (κ2) is 9.24. The molecule has 2 aliphatic rings. The van der Waals surface area contributed by atoms with Gasteiger partial charge in [-0.15, -0.1) is 5.10 Å². The number of hydrogen-bond donors (Lipinski definition) is 1. The van der Waals surface area contributed by atoms with Crippen molar-refractivity contribution in [2.24, 2.45) is 5.92 Å². The fourth-order valence-electron chi connectivity index (χ4n) is 3.92. The van der Waals surface area contributed by atoms with Crippen LogP contribution in [0.2, 0.25) is 5.02 Å². The normalized spacial score (nSPS) is 16.5. The molecular formula is C22H21ClN4O6S. The molecule has 1 amide bonds. The van der Waals surface area contributed by atoms with Crippen LogP contribution in [0.25, 0.3) is 0 Å². The van der Waals surface area contributed by atoms with Crippen LogP contribution in [0.1, 0.15) is 24.3 Å². The Hall–Kier alpha value is -3.15. The quantitative estimate of drug-likeness (QED) is 0.543. The molecule has 2 aromatic carbocycles. The van der Waals surface area contributed by atoms with Gasteiger partial charge in [-0.3, -0.25) is 10.1 Å². The van der Waals surface area contributed by atoms with Crippen LogP contribution in [0.3, 0.4) is 0 Å². The largest absolute Gasteiger partial charge is 0.454 e. The first-order chi connectivity index (χ1) is 16.4. The fraction of sp³-hybridized carbons (Fsp3) is 0.318. The van der Waals surface area contributed by atoms with Crippen molar-refractivity contribution in [3.05, 3.63) is 58.9 Å². The Morgan fingerprint density at radius 2 is 1.79 bits per heavy atom. The van der Waals surface area contributed by atoms with Gasteiger partial charge in [0, 0.05) is 24.0 Å². The summed E-state index contributed by atoms with van der Waals surface area (Å²) in [6.45, 7) is 0.673. The maximum absolute atomic E-state index is 12.8. The van der Waals surface area contributed by atoms with Crippen LogP contribution in [0.4, 0.5) is 6.01 Å². The van der Waals surface area contributed by atoms with Gasteiger partial charge in [0.1, 0.15) is 0 Å². The molecular weight excluding hydrogens is 484 g/mol. The number of fused-ring (bicyclic) bond motifs is 1. The molecule has 0 aliphatic carbocycles. The molecule has 0 atom stereocenters. The van der Waals surface area contributed by atoms with Gasteiger partial charge in [-0.05, 0) is 54.8 Å². The van der Waals surface area contributed by atoms with Crippen molar-refractivity contribution in [1.82, 2.24) is 14.5 Å². The summed E-state index contributed by atoms with van der Waals surface area (Å²) in [7, 11) is -3.63. The van der Waals surface area contributed by atoms with Gasteiger partial charge >= 0.3 is 6.01 Å². The SMILES string of the molecule is O=C(Nc1nnc(Cc2ccc3c(c2)OCO3)o1)C1CCN(S(=O)(=O)c2ccc(Cl)cc2)CC1. The van der Waals surface area contributed by atoms with Crippen LogP contribution in [0.15, 0.2) is 51.8 Å². The number of benzene rings is 2. The van der Waals surface area contributed by atoms with Crippen LogP contribution in [0, 0.1) is 5.92 Å². The van der Waals surface area contributed by atoms with Crippen LogP contribution in [0.5, 0.6) is 11.5 Å². The minimum absolute atomic E-state index is 0.0111. The van der Waals surface area contributed by atoms with E-state index in [0.29, 0.717) is 41.7 Å². The monoisotopic (exact) mass is 504 g/mol. The highest BCUT2D eigenvalue weighted by atomic mass is 35.5. The number of aromatic nitrogens is 2. The molecule has 0 saturated carbocycles. The van der Waals surface area contributed by atoms with Gasteiger partial charge in [0.25, 0.3) is 0 Å². The molecule has 0 radical (unpaired) electrons. The lowest BCUT2D eigenvalue weighted by Gasteiger charge is -2.30. The topological polar surface area (TPSA) is 124 Å². The molecule has 178 valence electrons. The second-order valence-corrected chi connectivity index (χ2v) is 10.4. The molecule has 1 aromatic heterocycles. The number of ether oxygens (including phenoxy) is 2. The Balaban J connectivity index is 1.15. The Morgan fingerprint density at radius 3 is 2.56 bits per heavy atom. The highest BCUT2D eigenvalue weighted by Gasteiger charge is 2.32. The molecule has 10 nitrogen and oxygen atoms in total. The summed E-state index contributed by atoms with van der Waals surface area (Å²) < 4.78 is 43.3. The van der Waals surface area contributed by atoms with Crippen LogP contribution in [-0.4, -0.2) is 48.7 Å². The number of amides is 1. The zero-order valence-electron chi connectivity index (χ0n) is 17.9. The van der Waals surface area contributed by atoms with Crippen LogP contribution < -0.4 is 14.8 Å². The Kier molecular flexibility index (Phi) is 6.15. The van der Waals surface area contributed by atoms with Gasteiger partial charge in [0.05, 0.1) is 11.3 Å². The van der Waals surface area contributed by atoms with Crippen molar-refractivity contribution < 1.29 is 27.1 Å². The lowest BCUT2D eigenvalue weighted by atomic mass is 9.97. The van der Waals surface area contributed by atoms with Crippen molar-refractivity contribution in [3.8, 4) is 11.5 Å². The van der Waals surface area contributed by atoms with E-state index in [2.05, 4.69) is 15.5 Å². The molecule has 2 aliphatic heterocycles. The standard InChI is InChI=1S/C22H21ClN4O6S/c23-16-2-4-17(5-3-16)34(29,30)27-9-7-15(8-10-27)21(28)24-22-26-25-20(33-22)12-14-1-6-18-19(11-14)32-13-31-18/h1-6,11,15H,7-10,12-13H2,(H,24,26,28). The zero-order valence-corrected chi connectivity index (χ0v) is 19.5. The summed E-state index contributed by atoms with van der Waals surface area (Å²) in [5, 5.41) is 11.0. The van der Waals surface area contributed by atoms with Crippen LogP contribution >= 0.6 is 11.6 Å². The van der Waals surface area contributed by atoms with Crippen molar-refractivity contribution >= 4 is 33.5 Å². The number of nitrogens with one attached hydrogen (secondary N) is 1. The predicted octanol–water partition coefficient (Wildman–Crippen LogP) is 3.08. The maximum atomic E-state index is 12.8. The number of piperidine rings is 1. The van der Waals surface area contributed by atoms with E-state index < -0.39 is 10.0 Å². The molecule has 0 unspecified atom stereocenters. The van der Waals surface area contributed by atoms with E-state index in [0.717, 1.165) is 5.56 Å². The number of nitrogens with zero attached hydrogens (tertiary/aromatic N) is 3. The third-order valence-corrected chi connectivity index (χ3v) is 7.93. The summed E-state index contributed by atoms with van der Waals surface area (Å²) in [5.41, 5.74) is 0.903. The zero-order chi connectivity index (χ0) is 23.7. The maximum Gasteiger partial charge on any atom is 0.322 e. The van der Waals surface area contributed by atoms with Gasteiger partial charge in [-0.2, -0.15) is 4.31 Å². The third kappa shape index (κ3) is 4.72. The van der Waals surface area contributed by atoms with Gasteiger partial charge in [0.2, 0.25) is 28.6 Å². The Morgan fingerprint density at radius 1 is 1.06 bits per heavy atom. The first kappa shape index (κ1) is 22.6. The first-order valence-corrected chi connectivity index (χ1v) is 12.5. The number of halogens is 1. The van der Waals surface area contributed by atoms with E-state index in [1.807, 2.05) is 18.2 Å². The van der Waals surface area contributed by atoms with E-state index in [9.17, 15) is 13.2 Å². The Bertz CT molecular complexity index is 1300. The van der Waals surface area contributed by atoms with E-state index in [-0.39, 0.29) is 42.6 Å². The number of anilines is 1. The number of carbonyl (C=O) groups is 1. The van der Waals surface area contributed by atoms with E-state index in [1.165, 1.54) is 16.4 Å². The van der Waals surface area contributed by atoms with E-state index in [1.54, 1.807) is 12.1 Å². The summed E-state index contributed by atoms with van der Waals surface area (Å²) in [4.78, 5) is 12.9. The average molecular weight is 505 g/mol. The lowest BCUT2D eigenvalue weighted by Crippen LogP contribution is -2.41. The van der Waals surface area contributed by atoms with Gasteiger partial charge in [-0.25, -0.2) is 8.42 Å². The lowest BCUT2D eigenvalue weighted by molar-refractivity contribution is -0.121. The Labute approximate surface area is 200 Å². The molecule has 1 saturated heterocycles. The number of carbonyl (C=O) groups excluding carboxylic acids is 1. The molecule has 34 heavy (non-hydrogen) atoms. The number of hydrogen-bond acceptors (Lipinski definition) is 8. The van der Waals surface area contributed by atoms with Gasteiger partial charge < -0.3 is 13.9 Å². The minimum atomic E-state index is -3.63. The van der Waals surface area contributed by atoms with Crippen molar-refractivity contribution in [1.29, 1.82) is 0 Å². The van der Waals surface area contributed by atoms with Gasteiger partial charge in [-0.1, -0.05) is 22.8 Å². The number of rotatable bonds is 6. The van der Waals surface area contributed by atoms with E-state index in [4.69, 9.17) is 25.5 Å².